The van der Waals surface area contributed by atoms with Crippen molar-refractivity contribution >= 4 is 0 Å². The lowest BCUT2D eigenvalue weighted by Crippen LogP contribution is -1.78. The van der Waals surface area contributed by atoms with E-state index in [2.05, 4.69) is 25.7 Å². The van der Waals surface area contributed by atoms with Gasteiger partial charge in [-0.15, -0.1) is 11.8 Å². The molecule has 0 spiro atoms. The second-order valence-electron chi connectivity index (χ2n) is 3.58. The van der Waals surface area contributed by atoms with Crippen molar-refractivity contribution < 1.29 is 0 Å². The Balaban J connectivity index is 2.91. The molecule has 0 atom stereocenters. The maximum atomic E-state index is 3.19. The molecule has 0 aliphatic carbocycles. The zero-order chi connectivity index (χ0) is 9.78. The van der Waals surface area contributed by atoms with Crippen molar-refractivity contribution in [2.24, 2.45) is 0 Å². The largest absolute Gasteiger partial charge is 0.104 e. The van der Waals surface area contributed by atoms with E-state index in [0.717, 1.165) is 12.8 Å². The van der Waals surface area contributed by atoms with Crippen molar-refractivity contribution in [2.45, 2.75) is 71.6 Å². The fraction of sp³-hybridized carbons (Fsp3) is 0.846. The highest BCUT2D eigenvalue weighted by atomic mass is 13.9. The molecule has 0 aliphatic rings. The van der Waals surface area contributed by atoms with Crippen LogP contribution >= 0.6 is 0 Å². The van der Waals surface area contributed by atoms with Gasteiger partial charge in [0, 0.05) is 12.8 Å². The third-order valence-electron chi connectivity index (χ3n) is 2.21. The highest BCUT2D eigenvalue weighted by Crippen LogP contribution is 2.07. The van der Waals surface area contributed by atoms with Gasteiger partial charge in [-0.25, -0.2) is 0 Å². The quantitative estimate of drug-likeness (QED) is 0.398. The lowest BCUT2D eigenvalue weighted by Gasteiger charge is -1.97. The molecule has 0 aliphatic heterocycles. The van der Waals surface area contributed by atoms with E-state index in [4.69, 9.17) is 0 Å². The summed E-state index contributed by atoms with van der Waals surface area (Å²) in [5, 5.41) is 0. The summed E-state index contributed by atoms with van der Waals surface area (Å²) in [4.78, 5) is 0. The summed E-state index contributed by atoms with van der Waals surface area (Å²) in [6, 6.07) is 0. The third-order valence-corrected chi connectivity index (χ3v) is 2.21. The Labute approximate surface area is 84.1 Å². The molecule has 76 valence electrons. The minimum absolute atomic E-state index is 1.01. The predicted octanol–water partition coefficient (Wildman–Crippen LogP) is 4.54. The Kier molecular flexibility index (Phi) is 11.2. The number of hydrogen-bond acceptors (Lipinski definition) is 0. The van der Waals surface area contributed by atoms with Gasteiger partial charge in [0.2, 0.25) is 0 Å². The van der Waals surface area contributed by atoms with Crippen molar-refractivity contribution in [1.29, 1.82) is 0 Å². The summed E-state index contributed by atoms with van der Waals surface area (Å²) in [5.74, 6) is 6.30. The summed E-state index contributed by atoms with van der Waals surface area (Å²) in [7, 11) is 0. The fourth-order valence-electron chi connectivity index (χ4n) is 1.38. The van der Waals surface area contributed by atoms with Gasteiger partial charge < -0.3 is 0 Å². The second kappa shape index (κ2) is 11.6. The third kappa shape index (κ3) is 11.6. The van der Waals surface area contributed by atoms with Crippen molar-refractivity contribution in [3.05, 3.63) is 0 Å². The lowest BCUT2D eigenvalue weighted by atomic mass is 10.1. The van der Waals surface area contributed by atoms with Crippen LogP contribution in [-0.4, -0.2) is 0 Å². The molecule has 13 heavy (non-hydrogen) atoms. The Bertz CT molecular complexity index is 136. The Morgan fingerprint density at radius 3 is 1.92 bits per heavy atom. The van der Waals surface area contributed by atoms with Crippen LogP contribution in [0, 0.1) is 11.8 Å². The number of unbranched alkanes of at least 4 members (excludes halogenated alkanes) is 7. The molecule has 0 unspecified atom stereocenters. The first-order chi connectivity index (χ1) is 6.41. The average molecular weight is 180 g/mol. The molecule has 0 aromatic carbocycles. The lowest BCUT2D eigenvalue weighted by molar-refractivity contribution is 0.594. The van der Waals surface area contributed by atoms with Gasteiger partial charge in [-0.3, -0.25) is 0 Å². The van der Waals surface area contributed by atoms with E-state index >= 15 is 0 Å². The highest BCUT2D eigenvalue weighted by Gasteiger charge is 1.88. The maximum Gasteiger partial charge on any atom is 0.00886 e. The van der Waals surface area contributed by atoms with Crippen molar-refractivity contribution in [3.63, 3.8) is 0 Å². The monoisotopic (exact) mass is 180 g/mol. The SMILES string of the molecule is CCC#CCCCCCCCCC. The van der Waals surface area contributed by atoms with Gasteiger partial charge in [-0.05, 0) is 6.42 Å². The summed E-state index contributed by atoms with van der Waals surface area (Å²) in [5.41, 5.74) is 0. The molecule has 0 heterocycles. The van der Waals surface area contributed by atoms with Crippen LogP contribution in [0.15, 0.2) is 0 Å². The van der Waals surface area contributed by atoms with E-state index in [9.17, 15) is 0 Å². The van der Waals surface area contributed by atoms with Crippen molar-refractivity contribution in [3.8, 4) is 11.8 Å². The summed E-state index contributed by atoms with van der Waals surface area (Å²) >= 11 is 0. The molecule has 0 radical (unpaired) electrons. The molecule has 0 heteroatoms. The second-order valence-corrected chi connectivity index (χ2v) is 3.58. The van der Waals surface area contributed by atoms with Crippen molar-refractivity contribution in [2.75, 3.05) is 0 Å². The molecule has 0 aromatic rings. The summed E-state index contributed by atoms with van der Waals surface area (Å²) in [6.45, 7) is 4.37. The Hall–Kier alpha value is -0.440. The maximum absolute atomic E-state index is 3.19. The Morgan fingerprint density at radius 1 is 0.692 bits per heavy atom. The first kappa shape index (κ1) is 12.6. The average Bonchev–Trinajstić information content (AvgIpc) is 2.16. The van der Waals surface area contributed by atoms with E-state index in [1.165, 1.54) is 44.9 Å². The van der Waals surface area contributed by atoms with Crippen LogP contribution in [0.1, 0.15) is 71.6 Å². The molecule has 0 N–H and O–H groups in total. The molecular formula is C13H24. The van der Waals surface area contributed by atoms with Crippen LogP contribution in [0.2, 0.25) is 0 Å². The standard InChI is InChI=1S/C13H24/c1-3-5-7-9-11-13-12-10-8-6-4-2/h3-5,7,9-13H2,1-2H3. The molecule has 0 aromatic heterocycles. The molecule has 0 rings (SSSR count). The Morgan fingerprint density at radius 2 is 1.31 bits per heavy atom. The number of rotatable bonds is 7. The van der Waals surface area contributed by atoms with Gasteiger partial charge in [-0.1, -0.05) is 52.4 Å². The van der Waals surface area contributed by atoms with Gasteiger partial charge in [0.15, 0.2) is 0 Å². The smallest absolute Gasteiger partial charge is 0.00886 e. The minimum Gasteiger partial charge on any atom is -0.104 e. The van der Waals surface area contributed by atoms with Gasteiger partial charge in [0.1, 0.15) is 0 Å². The van der Waals surface area contributed by atoms with E-state index in [1.54, 1.807) is 0 Å². The predicted molar refractivity (Wildman–Crippen MR) is 60.7 cm³/mol. The highest BCUT2D eigenvalue weighted by molar-refractivity contribution is 4.97. The van der Waals surface area contributed by atoms with Gasteiger partial charge >= 0.3 is 0 Å². The van der Waals surface area contributed by atoms with Crippen LogP contribution in [-0.2, 0) is 0 Å². The van der Waals surface area contributed by atoms with Gasteiger partial charge in [0.05, 0.1) is 0 Å². The molecule has 0 nitrogen and oxygen atoms in total. The van der Waals surface area contributed by atoms with Crippen LogP contribution in [0.5, 0.6) is 0 Å². The molecule has 0 saturated carbocycles. The van der Waals surface area contributed by atoms with Crippen LogP contribution in [0.4, 0.5) is 0 Å². The zero-order valence-electron chi connectivity index (χ0n) is 9.36. The van der Waals surface area contributed by atoms with Crippen molar-refractivity contribution in [1.82, 2.24) is 0 Å². The van der Waals surface area contributed by atoms with Crippen LogP contribution < -0.4 is 0 Å². The first-order valence-electron chi connectivity index (χ1n) is 5.87. The molecule has 0 saturated heterocycles. The van der Waals surface area contributed by atoms with Gasteiger partial charge in [0.25, 0.3) is 0 Å². The van der Waals surface area contributed by atoms with E-state index in [0.29, 0.717) is 0 Å². The number of hydrogen-bond donors (Lipinski definition) is 0. The topological polar surface area (TPSA) is 0 Å². The fourth-order valence-corrected chi connectivity index (χ4v) is 1.38. The van der Waals surface area contributed by atoms with Crippen LogP contribution in [0.25, 0.3) is 0 Å². The summed E-state index contributed by atoms with van der Waals surface area (Å²) < 4.78 is 0. The van der Waals surface area contributed by atoms with E-state index < -0.39 is 0 Å². The van der Waals surface area contributed by atoms with E-state index in [1.807, 2.05) is 0 Å². The molecule has 0 amide bonds. The molecule has 0 bridgehead atoms. The first-order valence-corrected chi connectivity index (χ1v) is 5.87. The minimum atomic E-state index is 1.01. The van der Waals surface area contributed by atoms with E-state index in [-0.39, 0.29) is 0 Å². The van der Waals surface area contributed by atoms with Crippen LogP contribution in [0.3, 0.4) is 0 Å². The van der Waals surface area contributed by atoms with Gasteiger partial charge in [-0.2, -0.15) is 0 Å². The normalized spacial score (nSPS) is 9.38. The molecule has 0 fully saturated rings. The molecular weight excluding hydrogens is 156 g/mol. The zero-order valence-corrected chi connectivity index (χ0v) is 9.36. The summed E-state index contributed by atoms with van der Waals surface area (Å²) in [6.07, 6.45) is 11.8.